The van der Waals surface area contributed by atoms with Gasteiger partial charge in [-0.05, 0) is 18.7 Å². The molecule has 1 aromatic heterocycles. The van der Waals surface area contributed by atoms with Gasteiger partial charge < -0.3 is 10.5 Å². The number of hydrogen-bond acceptors (Lipinski definition) is 5. The molecule has 2 N–H and O–H groups in total. The van der Waals surface area contributed by atoms with Crippen LogP contribution in [0.15, 0.2) is 30.3 Å². The van der Waals surface area contributed by atoms with Crippen LogP contribution < -0.4 is 10.5 Å². The zero-order valence-corrected chi connectivity index (χ0v) is 10.3. The predicted octanol–water partition coefficient (Wildman–Crippen LogP) is 1.66. The van der Waals surface area contributed by atoms with Crippen LogP contribution in [0.5, 0.6) is 5.75 Å². The molecule has 0 bridgehead atoms. The number of nitrogens with zero attached hydrogens (tertiary/aromatic N) is 2. The first-order valence-electron chi connectivity index (χ1n) is 5.57. The third kappa shape index (κ3) is 3.80. The van der Waals surface area contributed by atoms with Gasteiger partial charge in [-0.3, -0.25) is 0 Å². The topological polar surface area (TPSA) is 61.0 Å². The Morgan fingerprint density at radius 3 is 2.47 bits per heavy atom. The van der Waals surface area contributed by atoms with Crippen molar-refractivity contribution in [2.45, 2.75) is 12.8 Å². The summed E-state index contributed by atoms with van der Waals surface area (Å²) in [7, 11) is 0. The number of hydrogen-bond donors (Lipinski definition) is 1. The quantitative estimate of drug-likeness (QED) is 0.845. The summed E-state index contributed by atoms with van der Waals surface area (Å²) in [6.45, 7) is 1.25. The molecule has 0 saturated carbocycles. The van der Waals surface area contributed by atoms with Crippen molar-refractivity contribution in [2.24, 2.45) is 5.73 Å². The van der Waals surface area contributed by atoms with Crippen molar-refractivity contribution in [1.29, 1.82) is 0 Å². The first-order chi connectivity index (χ1) is 8.38. The van der Waals surface area contributed by atoms with E-state index in [1.54, 1.807) is 11.3 Å². The Balaban J connectivity index is 1.78. The average molecular weight is 249 g/mol. The highest BCUT2D eigenvalue weighted by Gasteiger charge is 2.03. The average Bonchev–Trinajstić information content (AvgIpc) is 2.79. The molecule has 0 fully saturated rings. The zero-order valence-electron chi connectivity index (χ0n) is 9.50. The molecule has 2 rings (SSSR count). The minimum absolute atomic E-state index is 0.620. The number of nitrogens with two attached hydrogens (primary N) is 1. The van der Waals surface area contributed by atoms with Gasteiger partial charge in [0.05, 0.1) is 6.61 Å². The molecular weight excluding hydrogens is 234 g/mol. The molecular formula is C12H15N3OS. The highest BCUT2D eigenvalue weighted by Crippen LogP contribution is 2.12. The Labute approximate surface area is 104 Å². The van der Waals surface area contributed by atoms with Crippen molar-refractivity contribution >= 4 is 11.3 Å². The van der Waals surface area contributed by atoms with E-state index in [1.807, 2.05) is 30.3 Å². The molecule has 2 aromatic rings. The molecule has 0 spiro atoms. The fraction of sp³-hybridized carbons (Fsp3) is 0.333. The Morgan fingerprint density at radius 2 is 1.76 bits per heavy atom. The first kappa shape index (κ1) is 12.0. The molecule has 0 unspecified atom stereocenters. The first-order valence-corrected chi connectivity index (χ1v) is 6.39. The molecule has 0 atom stereocenters. The molecule has 0 amide bonds. The highest BCUT2D eigenvalue weighted by molar-refractivity contribution is 7.11. The van der Waals surface area contributed by atoms with E-state index in [0.717, 1.165) is 28.6 Å². The van der Waals surface area contributed by atoms with E-state index in [0.29, 0.717) is 13.2 Å². The molecule has 1 aromatic carbocycles. The second kappa shape index (κ2) is 6.32. The number of para-hydroxylation sites is 1. The summed E-state index contributed by atoms with van der Waals surface area (Å²) in [5, 5.41) is 10.2. The molecule has 0 aliphatic carbocycles. The van der Waals surface area contributed by atoms with E-state index in [4.69, 9.17) is 10.5 Å². The predicted molar refractivity (Wildman–Crippen MR) is 68.3 cm³/mol. The Hall–Kier alpha value is -1.46. The smallest absolute Gasteiger partial charge is 0.120 e. The lowest BCUT2D eigenvalue weighted by atomic mass is 10.3. The molecule has 5 heteroatoms. The van der Waals surface area contributed by atoms with Crippen LogP contribution in [0.2, 0.25) is 0 Å². The fourth-order valence-corrected chi connectivity index (χ4v) is 2.23. The second-order valence-electron chi connectivity index (χ2n) is 3.54. The van der Waals surface area contributed by atoms with Crippen molar-refractivity contribution in [1.82, 2.24) is 10.2 Å². The number of benzene rings is 1. The lowest BCUT2D eigenvalue weighted by molar-refractivity contribution is 0.321. The largest absolute Gasteiger partial charge is 0.493 e. The summed E-state index contributed by atoms with van der Waals surface area (Å²) in [6, 6.07) is 9.77. The number of aromatic nitrogens is 2. The molecule has 0 radical (unpaired) electrons. The molecule has 0 aliphatic rings. The van der Waals surface area contributed by atoms with Crippen molar-refractivity contribution in [3.8, 4) is 5.75 Å². The van der Waals surface area contributed by atoms with Gasteiger partial charge in [0.2, 0.25) is 0 Å². The summed E-state index contributed by atoms with van der Waals surface area (Å²) in [6.07, 6.45) is 1.59. The monoisotopic (exact) mass is 249 g/mol. The van der Waals surface area contributed by atoms with Crippen molar-refractivity contribution in [3.05, 3.63) is 40.3 Å². The van der Waals surface area contributed by atoms with Gasteiger partial charge in [0.1, 0.15) is 15.8 Å². The van der Waals surface area contributed by atoms with Gasteiger partial charge in [0.15, 0.2) is 0 Å². The van der Waals surface area contributed by atoms with Crippen molar-refractivity contribution in [2.75, 3.05) is 13.2 Å². The number of ether oxygens (including phenoxy) is 1. The summed E-state index contributed by atoms with van der Waals surface area (Å²) in [5.74, 6) is 0.888. The maximum atomic E-state index is 5.59. The normalized spacial score (nSPS) is 10.4. The third-order valence-electron chi connectivity index (χ3n) is 2.19. The molecule has 0 saturated heterocycles. The summed E-state index contributed by atoms with van der Waals surface area (Å²) >= 11 is 1.61. The van der Waals surface area contributed by atoms with Crippen LogP contribution in [-0.2, 0) is 12.8 Å². The highest BCUT2D eigenvalue weighted by atomic mass is 32.1. The minimum Gasteiger partial charge on any atom is -0.493 e. The van der Waals surface area contributed by atoms with Crippen molar-refractivity contribution in [3.63, 3.8) is 0 Å². The van der Waals surface area contributed by atoms with E-state index in [-0.39, 0.29) is 0 Å². The summed E-state index contributed by atoms with van der Waals surface area (Å²) < 4.78 is 5.59. The van der Waals surface area contributed by atoms with E-state index < -0.39 is 0 Å². The van der Waals surface area contributed by atoms with E-state index in [1.165, 1.54) is 0 Å². The molecule has 90 valence electrons. The lowest BCUT2D eigenvalue weighted by Crippen LogP contribution is -2.01. The Kier molecular flexibility index (Phi) is 4.46. The minimum atomic E-state index is 0.620. The van der Waals surface area contributed by atoms with Crippen LogP contribution >= 0.6 is 11.3 Å². The van der Waals surface area contributed by atoms with Gasteiger partial charge in [-0.2, -0.15) is 0 Å². The lowest BCUT2D eigenvalue weighted by Gasteiger charge is -2.03. The van der Waals surface area contributed by atoms with Gasteiger partial charge in [0, 0.05) is 12.8 Å². The van der Waals surface area contributed by atoms with Gasteiger partial charge >= 0.3 is 0 Å². The van der Waals surface area contributed by atoms with Gasteiger partial charge in [-0.15, -0.1) is 21.5 Å². The SMILES string of the molecule is NCCc1nnc(CCOc2ccccc2)s1. The van der Waals surface area contributed by atoms with Crippen LogP contribution in [0.4, 0.5) is 0 Å². The van der Waals surface area contributed by atoms with E-state index in [9.17, 15) is 0 Å². The fourth-order valence-electron chi connectivity index (χ4n) is 1.39. The van der Waals surface area contributed by atoms with E-state index >= 15 is 0 Å². The van der Waals surface area contributed by atoms with Crippen LogP contribution in [0.3, 0.4) is 0 Å². The second-order valence-corrected chi connectivity index (χ2v) is 4.69. The Morgan fingerprint density at radius 1 is 1.06 bits per heavy atom. The molecule has 17 heavy (non-hydrogen) atoms. The Bertz CT molecular complexity index is 444. The van der Waals surface area contributed by atoms with Crippen LogP contribution in [0.25, 0.3) is 0 Å². The van der Waals surface area contributed by atoms with Crippen LogP contribution in [0, 0.1) is 0 Å². The molecule has 4 nitrogen and oxygen atoms in total. The molecule has 0 aliphatic heterocycles. The van der Waals surface area contributed by atoms with Crippen LogP contribution in [0.1, 0.15) is 10.0 Å². The van der Waals surface area contributed by atoms with E-state index in [2.05, 4.69) is 10.2 Å². The van der Waals surface area contributed by atoms with Crippen LogP contribution in [-0.4, -0.2) is 23.3 Å². The van der Waals surface area contributed by atoms with Gasteiger partial charge in [-0.25, -0.2) is 0 Å². The molecule has 1 heterocycles. The maximum absolute atomic E-state index is 5.59. The maximum Gasteiger partial charge on any atom is 0.120 e. The van der Waals surface area contributed by atoms with Gasteiger partial charge in [0.25, 0.3) is 0 Å². The number of rotatable bonds is 6. The standard InChI is InChI=1S/C12H15N3OS/c13-8-6-11-14-15-12(17-11)7-9-16-10-4-2-1-3-5-10/h1-5H,6-9,13H2. The zero-order chi connectivity index (χ0) is 11.9. The van der Waals surface area contributed by atoms with Gasteiger partial charge in [-0.1, -0.05) is 18.2 Å². The third-order valence-corrected chi connectivity index (χ3v) is 3.24. The van der Waals surface area contributed by atoms with Crippen molar-refractivity contribution < 1.29 is 4.74 Å². The summed E-state index contributed by atoms with van der Waals surface area (Å²) in [4.78, 5) is 0. The summed E-state index contributed by atoms with van der Waals surface area (Å²) in [5.41, 5.74) is 5.46.